The second-order valence-electron chi connectivity index (χ2n) is 6.10. The fourth-order valence-electron chi connectivity index (χ4n) is 3.11. The van der Waals surface area contributed by atoms with Gasteiger partial charge in [0.15, 0.2) is 0 Å². The first-order chi connectivity index (χ1) is 12.6. The number of ether oxygens (including phenoxy) is 2. The molecule has 1 heterocycles. The molecule has 0 unspecified atom stereocenters. The molecule has 26 heavy (non-hydrogen) atoms. The first-order valence-corrected chi connectivity index (χ1v) is 10.4. The third-order valence-electron chi connectivity index (χ3n) is 4.60. The van der Waals surface area contributed by atoms with Crippen molar-refractivity contribution < 1.29 is 18.7 Å². The molecule has 6 heteroatoms. The molecule has 0 amide bonds. The van der Waals surface area contributed by atoms with Gasteiger partial charge in [-0.15, -0.1) is 0 Å². The minimum Gasteiger partial charge on any atom is -0.381 e. The van der Waals surface area contributed by atoms with Gasteiger partial charge in [0.1, 0.15) is 5.82 Å². The van der Waals surface area contributed by atoms with Crippen molar-refractivity contribution >= 4 is 28.6 Å². The van der Waals surface area contributed by atoms with Gasteiger partial charge >= 0.3 is 0 Å². The molecule has 0 aliphatic carbocycles. The number of rotatable bonds is 5. The first kappa shape index (κ1) is 19.4. The molecule has 0 spiro atoms. The van der Waals surface area contributed by atoms with Crippen LogP contribution in [0, 0.1) is 5.82 Å². The molecule has 3 rings (SSSR count). The maximum absolute atomic E-state index is 14.3. The van der Waals surface area contributed by atoms with Gasteiger partial charge < -0.3 is 9.47 Å². The second kappa shape index (κ2) is 8.57. The smallest absolute Gasteiger partial charge is 0.219 e. The van der Waals surface area contributed by atoms with E-state index in [1.807, 2.05) is 18.2 Å². The van der Waals surface area contributed by atoms with E-state index in [1.54, 1.807) is 31.6 Å². The second-order valence-corrected chi connectivity index (χ2v) is 8.03. The topological polar surface area (TPSA) is 35.5 Å². The van der Waals surface area contributed by atoms with Crippen LogP contribution in [0.1, 0.15) is 28.8 Å². The lowest BCUT2D eigenvalue weighted by molar-refractivity contribution is -0.0950. The van der Waals surface area contributed by atoms with Crippen LogP contribution in [0.5, 0.6) is 0 Å². The number of hydrogen-bond acceptors (Lipinski definition) is 5. The fraction of sp³-hybridized carbons (Fsp3) is 0.350. The third kappa shape index (κ3) is 4.31. The molecular formula is C20H21FO3S2. The lowest BCUT2D eigenvalue weighted by Gasteiger charge is -2.36. The Morgan fingerprint density at radius 1 is 1.12 bits per heavy atom. The molecule has 0 atom stereocenters. The predicted molar refractivity (Wildman–Crippen MR) is 104 cm³/mol. The van der Waals surface area contributed by atoms with Crippen molar-refractivity contribution in [3.8, 4) is 0 Å². The summed E-state index contributed by atoms with van der Waals surface area (Å²) in [6.07, 6.45) is 3.19. The Hall–Kier alpha value is -1.34. The van der Waals surface area contributed by atoms with Crippen molar-refractivity contribution in [2.75, 3.05) is 26.6 Å². The highest BCUT2D eigenvalue weighted by atomic mass is 32.2. The minimum absolute atomic E-state index is 0.0381. The zero-order valence-electron chi connectivity index (χ0n) is 14.8. The zero-order chi connectivity index (χ0) is 18.6. The quantitative estimate of drug-likeness (QED) is 0.705. The molecule has 0 aromatic heterocycles. The summed E-state index contributed by atoms with van der Waals surface area (Å²) in [4.78, 5) is 13.5. The molecule has 0 radical (unpaired) electrons. The van der Waals surface area contributed by atoms with Gasteiger partial charge in [-0.25, -0.2) is 4.39 Å². The van der Waals surface area contributed by atoms with Gasteiger partial charge in [0.05, 0.1) is 5.60 Å². The van der Waals surface area contributed by atoms with Crippen LogP contribution in [0.25, 0.3) is 0 Å². The van der Waals surface area contributed by atoms with Gasteiger partial charge in [-0.2, -0.15) is 0 Å². The molecule has 2 aromatic carbocycles. The van der Waals surface area contributed by atoms with E-state index in [2.05, 4.69) is 0 Å². The molecule has 1 aliphatic heterocycles. The predicted octanol–water partition coefficient (Wildman–Crippen LogP) is 5.13. The highest BCUT2D eigenvalue weighted by Gasteiger charge is 2.35. The number of carbonyl (C=O) groups is 1. The maximum atomic E-state index is 14.3. The largest absolute Gasteiger partial charge is 0.381 e. The Labute approximate surface area is 161 Å². The summed E-state index contributed by atoms with van der Waals surface area (Å²) in [6.45, 7) is 1.22. The highest BCUT2D eigenvalue weighted by Crippen LogP contribution is 2.38. The summed E-state index contributed by atoms with van der Waals surface area (Å²) in [5.41, 5.74) is 1.02. The Bertz CT molecular complexity index is 771. The molecule has 1 fully saturated rings. The lowest BCUT2D eigenvalue weighted by Crippen LogP contribution is -2.35. The molecule has 0 bridgehead atoms. The Morgan fingerprint density at radius 2 is 1.81 bits per heavy atom. The van der Waals surface area contributed by atoms with E-state index < -0.39 is 5.60 Å². The summed E-state index contributed by atoms with van der Waals surface area (Å²) in [5.74, 6) is -0.276. The lowest BCUT2D eigenvalue weighted by atomic mass is 9.86. The van der Waals surface area contributed by atoms with Crippen molar-refractivity contribution in [3.63, 3.8) is 0 Å². The van der Waals surface area contributed by atoms with Gasteiger partial charge in [-0.3, -0.25) is 4.79 Å². The molecule has 3 nitrogen and oxygen atoms in total. The normalized spacial score (nSPS) is 16.4. The van der Waals surface area contributed by atoms with E-state index in [1.165, 1.54) is 29.6 Å². The van der Waals surface area contributed by atoms with Crippen LogP contribution in [0.2, 0.25) is 0 Å². The molecule has 1 aliphatic rings. The Balaban J connectivity index is 1.84. The van der Waals surface area contributed by atoms with E-state index in [9.17, 15) is 9.18 Å². The molecule has 2 aromatic rings. The van der Waals surface area contributed by atoms with Crippen LogP contribution in [-0.4, -0.2) is 31.7 Å². The molecule has 138 valence electrons. The number of thioether (sulfide) groups is 1. The van der Waals surface area contributed by atoms with Gasteiger partial charge in [-0.05, 0) is 54.3 Å². The number of halogens is 1. The number of benzene rings is 2. The third-order valence-corrected chi connectivity index (χ3v) is 6.19. The highest BCUT2D eigenvalue weighted by molar-refractivity contribution is 8.13. The standard InChI is InChI=1S/C20H21FO3S2/c1-23-20(7-9-24-10-8-20)15-11-16(21)13-18(12-15)26-17-5-3-14(4-6-17)19(22)25-2/h3-6,11-13H,7-10H2,1-2H3. The van der Waals surface area contributed by atoms with Crippen LogP contribution in [0.3, 0.4) is 0 Å². The van der Waals surface area contributed by atoms with Crippen molar-refractivity contribution in [1.82, 2.24) is 0 Å². The molecule has 0 saturated carbocycles. The summed E-state index contributed by atoms with van der Waals surface area (Å²) >= 11 is 2.66. The number of methoxy groups -OCH3 is 1. The van der Waals surface area contributed by atoms with Gasteiger partial charge in [-0.1, -0.05) is 23.5 Å². The Kier molecular flexibility index (Phi) is 6.40. The fourth-order valence-corrected chi connectivity index (χ4v) is 4.38. The van der Waals surface area contributed by atoms with E-state index in [0.29, 0.717) is 31.6 Å². The number of hydrogen-bond donors (Lipinski definition) is 0. The average molecular weight is 393 g/mol. The molecule has 0 N–H and O–H groups in total. The van der Waals surface area contributed by atoms with E-state index >= 15 is 0 Å². The van der Waals surface area contributed by atoms with Gasteiger partial charge in [0.25, 0.3) is 0 Å². The van der Waals surface area contributed by atoms with Crippen LogP contribution < -0.4 is 0 Å². The molecule has 1 saturated heterocycles. The minimum atomic E-state index is -0.496. The molecular weight excluding hydrogens is 371 g/mol. The monoisotopic (exact) mass is 392 g/mol. The van der Waals surface area contributed by atoms with Crippen LogP contribution in [-0.2, 0) is 15.1 Å². The zero-order valence-corrected chi connectivity index (χ0v) is 16.4. The summed E-state index contributed by atoms with van der Waals surface area (Å²) in [6, 6.07) is 12.5. The SMILES string of the molecule is COC1(c2cc(F)cc(Sc3ccc(C(=O)SC)cc3)c2)CCOCC1. The van der Waals surface area contributed by atoms with Crippen LogP contribution in [0.15, 0.2) is 52.3 Å². The average Bonchev–Trinajstić information content (AvgIpc) is 2.68. The summed E-state index contributed by atoms with van der Waals surface area (Å²) in [7, 11) is 1.67. The van der Waals surface area contributed by atoms with Crippen molar-refractivity contribution in [3.05, 3.63) is 59.4 Å². The Morgan fingerprint density at radius 3 is 2.42 bits per heavy atom. The van der Waals surface area contributed by atoms with Crippen molar-refractivity contribution in [2.24, 2.45) is 0 Å². The van der Waals surface area contributed by atoms with Gasteiger partial charge in [0.2, 0.25) is 5.12 Å². The van der Waals surface area contributed by atoms with E-state index in [4.69, 9.17) is 9.47 Å². The maximum Gasteiger partial charge on any atom is 0.219 e. The summed E-state index contributed by atoms with van der Waals surface area (Å²) in [5, 5.41) is 0.0381. The van der Waals surface area contributed by atoms with Crippen LogP contribution >= 0.6 is 23.5 Å². The number of carbonyl (C=O) groups excluding carboxylic acids is 1. The van der Waals surface area contributed by atoms with Crippen LogP contribution in [0.4, 0.5) is 4.39 Å². The summed E-state index contributed by atoms with van der Waals surface area (Å²) < 4.78 is 25.5. The van der Waals surface area contributed by atoms with E-state index in [-0.39, 0.29) is 10.9 Å². The van der Waals surface area contributed by atoms with Crippen molar-refractivity contribution in [1.29, 1.82) is 0 Å². The first-order valence-electron chi connectivity index (χ1n) is 8.36. The van der Waals surface area contributed by atoms with Gasteiger partial charge in [0, 0.05) is 48.5 Å². The van der Waals surface area contributed by atoms with E-state index in [0.717, 1.165) is 15.4 Å². The van der Waals surface area contributed by atoms with Crippen molar-refractivity contribution in [2.45, 2.75) is 28.2 Å².